The van der Waals surface area contributed by atoms with Crippen LogP contribution in [0.3, 0.4) is 0 Å². The van der Waals surface area contributed by atoms with E-state index >= 15 is 0 Å². The molecule has 0 amide bonds. The fourth-order valence-electron chi connectivity index (χ4n) is 1.61. The van der Waals surface area contributed by atoms with Crippen molar-refractivity contribution in [3.8, 4) is 5.75 Å². The molecule has 0 unspecified atom stereocenters. The molecule has 2 nitrogen and oxygen atoms in total. The van der Waals surface area contributed by atoms with E-state index in [-0.39, 0.29) is 17.7 Å². The summed E-state index contributed by atoms with van der Waals surface area (Å²) in [6.45, 7) is 0. The first-order chi connectivity index (χ1) is 8.56. The maximum atomic E-state index is 13.4. The van der Waals surface area contributed by atoms with Crippen LogP contribution in [-0.2, 0) is 6.42 Å². The number of phenols is 1. The van der Waals surface area contributed by atoms with E-state index in [4.69, 9.17) is 5.11 Å². The van der Waals surface area contributed by atoms with Crippen LogP contribution in [0.25, 0.3) is 0 Å². The molecule has 0 aliphatic rings. The molecule has 18 heavy (non-hydrogen) atoms. The molecule has 0 bridgehead atoms. The van der Waals surface area contributed by atoms with Crippen LogP contribution in [0.5, 0.6) is 5.75 Å². The maximum absolute atomic E-state index is 13.4. The Labute approximate surface area is 103 Å². The molecule has 0 saturated carbocycles. The van der Waals surface area contributed by atoms with Crippen LogP contribution >= 0.6 is 0 Å². The number of carbonyl (C=O) groups excluding carboxylic acids is 1. The summed E-state index contributed by atoms with van der Waals surface area (Å²) in [4.78, 5) is 11.8. The maximum Gasteiger partial charge on any atom is 0.170 e. The summed E-state index contributed by atoms with van der Waals surface area (Å²) in [7, 11) is 0. The minimum atomic E-state index is -0.862. The van der Waals surface area contributed by atoms with Crippen LogP contribution in [-0.4, -0.2) is 10.9 Å². The molecule has 0 saturated heterocycles. The molecular formula is C14H10F2O2. The fourth-order valence-corrected chi connectivity index (χ4v) is 1.61. The summed E-state index contributed by atoms with van der Waals surface area (Å²) in [5.74, 6) is -1.91. The summed E-state index contributed by atoms with van der Waals surface area (Å²) in [5, 5.41) is 9.10. The number of rotatable bonds is 3. The first-order valence-electron chi connectivity index (χ1n) is 5.32. The summed E-state index contributed by atoms with van der Waals surface area (Å²) in [6.07, 6.45) is 0.00281. The number of phenolic OH excluding ortho intramolecular Hbond substituents is 1. The van der Waals surface area contributed by atoms with Crippen molar-refractivity contribution in [2.75, 3.05) is 0 Å². The van der Waals surface area contributed by atoms with Gasteiger partial charge in [-0.2, -0.15) is 0 Å². The minimum Gasteiger partial charge on any atom is -0.508 e. The lowest BCUT2D eigenvalue weighted by molar-refractivity contribution is 0.0989. The highest BCUT2D eigenvalue weighted by Crippen LogP contribution is 2.15. The predicted molar refractivity (Wildman–Crippen MR) is 62.5 cm³/mol. The zero-order valence-corrected chi connectivity index (χ0v) is 9.36. The summed E-state index contributed by atoms with van der Waals surface area (Å²) in [6, 6.07) is 8.92. The van der Waals surface area contributed by atoms with Crippen molar-refractivity contribution in [1.29, 1.82) is 0 Å². The average molecular weight is 248 g/mol. The Bertz CT molecular complexity index is 577. The van der Waals surface area contributed by atoms with Gasteiger partial charge in [0.1, 0.15) is 17.4 Å². The highest BCUT2D eigenvalue weighted by Gasteiger charge is 2.12. The Hall–Kier alpha value is -2.23. The molecule has 2 aromatic rings. The van der Waals surface area contributed by atoms with Gasteiger partial charge in [0.25, 0.3) is 0 Å². The van der Waals surface area contributed by atoms with Crippen LogP contribution < -0.4 is 0 Å². The second-order valence-electron chi connectivity index (χ2n) is 3.89. The van der Waals surface area contributed by atoms with E-state index in [1.807, 2.05) is 0 Å². The summed E-state index contributed by atoms with van der Waals surface area (Å²) in [5.41, 5.74) is 0.519. The second kappa shape index (κ2) is 4.96. The molecule has 0 heterocycles. The van der Waals surface area contributed by atoms with E-state index in [1.165, 1.54) is 12.1 Å². The topological polar surface area (TPSA) is 37.3 Å². The molecule has 0 fully saturated rings. The number of ketones is 1. The molecule has 1 N–H and O–H groups in total. The fraction of sp³-hybridized carbons (Fsp3) is 0.0714. The van der Waals surface area contributed by atoms with Gasteiger partial charge in [0, 0.05) is 12.5 Å². The van der Waals surface area contributed by atoms with Gasteiger partial charge in [-0.25, -0.2) is 8.78 Å². The third-order valence-electron chi connectivity index (χ3n) is 2.53. The number of carbonyl (C=O) groups is 1. The van der Waals surface area contributed by atoms with Gasteiger partial charge in [0.2, 0.25) is 0 Å². The van der Waals surface area contributed by atoms with Crippen molar-refractivity contribution in [2.45, 2.75) is 6.42 Å². The van der Waals surface area contributed by atoms with Gasteiger partial charge in [0.05, 0.1) is 5.56 Å². The van der Waals surface area contributed by atoms with Crippen LogP contribution in [0.4, 0.5) is 8.78 Å². The molecule has 2 aromatic carbocycles. The van der Waals surface area contributed by atoms with Gasteiger partial charge in [0.15, 0.2) is 5.78 Å². The van der Waals surface area contributed by atoms with E-state index in [9.17, 15) is 13.6 Å². The standard InChI is InChI=1S/C14H10F2O2/c15-10-3-6-12(13(16)8-10)14(18)7-9-1-4-11(17)5-2-9/h1-6,8,17H,7H2. The molecule has 0 aromatic heterocycles. The Morgan fingerprint density at radius 3 is 2.33 bits per heavy atom. The average Bonchev–Trinajstić information content (AvgIpc) is 2.32. The van der Waals surface area contributed by atoms with Crippen molar-refractivity contribution >= 4 is 5.78 Å². The van der Waals surface area contributed by atoms with Gasteiger partial charge >= 0.3 is 0 Å². The summed E-state index contributed by atoms with van der Waals surface area (Å²) < 4.78 is 26.1. The predicted octanol–water partition coefficient (Wildman–Crippen LogP) is 3.10. The minimum absolute atomic E-state index is 0.00281. The van der Waals surface area contributed by atoms with Crippen molar-refractivity contribution in [1.82, 2.24) is 0 Å². The second-order valence-corrected chi connectivity index (χ2v) is 3.89. The van der Waals surface area contributed by atoms with Gasteiger partial charge in [-0.3, -0.25) is 4.79 Å². The van der Waals surface area contributed by atoms with Gasteiger partial charge in [-0.1, -0.05) is 12.1 Å². The number of halogens is 2. The quantitative estimate of drug-likeness (QED) is 0.847. The van der Waals surface area contributed by atoms with E-state index in [2.05, 4.69) is 0 Å². The van der Waals surface area contributed by atoms with Gasteiger partial charge in [-0.05, 0) is 29.8 Å². The monoisotopic (exact) mass is 248 g/mol. The smallest absolute Gasteiger partial charge is 0.170 e. The third-order valence-corrected chi connectivity index (χ3v) is 2.53. The highest BCUT2D eigenvalue weighted by molar-refractivity contribution is 5.97. The lowest BCUT2D eigenvalue weighted by atomic mass is 10.0. The Morgan fingerprint density at radius 1 is 1.06 bits per heavy atom. The first-order valence-corrected chi connectivity index (χ1v) is 5.32. The zero-order valence-electron chi connectivity index (χ0n) is 9.36. The lowest BCUT2D eigenvalue weighted by Gasteiger charge is -2.03. The zero-order chi connectivity index (χ0) is 13.1. The van der Waals surface area contributed by atoms with Gasteiger partial charge < -0.3 is 5.11 Å². The molecule has 0 spiro atoms. The van der Waals surface area contributed by atoms with Crippen LogP contribution in [0.1, 0.15) is 15.9 Å². The number of hydrogen-bond donors (Lipinski definition) is 1. The molecule has 4 heteroatoms. The number of benzene rings is 2. The Morgan fingerprint density at radius 2 is 1.72 bits per heavy atom. The van der Waals surface area contributed by atoms with Gasteiger partial charge in [-0.15, -0.1) is 0 Å². The molecule has 0 radical (unpaired) electrons. The number of hydrogen-bond acceptors (Lipinski definition) is 2. The number of aromatic hydroxyl groups is 1. The number of Topliss-reactive ketones (excluding diaryl/α,β-unsaturated/α-hetero) is 1. The van der Waals surface area contributed by atoms with Crippen molar-refractivity contribution in [3.05, 3.63) is 65.2 Å². The Kier molecular flexibility index (Phi) is 3.37. The highest BCUT2D eigenvalue weighted by atomic mass is 19.1. The molecule has 0 aliphatic heterocycles. The Balaban J connectivity index is 2.19. The van der Waals surface area contributed by atoms with Crippen molar-refractivity contribution in [2.24, 2.45) is 0 Å². The van der Waals surface area contributed by atoms with E-state index in [0.717, 1.165) is 12.1 Å². The van der Waals surface area contributed by atoms with Crippen LogP contribution in [0, 0.1) is 11.6 Å². The molecule has 0 atom stereocenters. The molecular weight excluding hydrogens is 238 g/mol. The summed E-state index contributed by atoms with van der Waals surface area (Å²) >= 11 is 0. The van der Waals surface area contributed by atoms with E-state index in [0.29, 0.717) is 11.6 Å². The van der Waals surface area contributed by atoms with E-state index < -0.39 is 17.4 Å². The van der Waals surface area contributed by atoms with Crippen LogP contribution in [0.15, 0.2) is 42.5 Å². The van der Waals surface area contributed by atoms with Crippen LogP contribution in [0.2, 0.25) is 0 Å². The van der Waals surface area contributed by atoms with Crippen molar-refractivity contribution in [3.63, 3.8) is 0 Å². The first kappa shape index (κ1) is 12.2. The molecule has 92 valence electrons. The van der Waals surface area contributed by atoms with Crippen molar-refractivity contribution < 1.29 is 18.7 Å². The lowest BCUT2D eigenvalue weighted by Crippen LogP contribution is -2.06. The molecule has 2 rings (SSSR count). The normalized spacial score (nSPS) is 10.3. The third kappa shape index (κ3) is 2.71. The SMILES string of the molecule is O=C(Cc1ccc(O)cc1)c1ccc(F)cc1F. The van der Waals surface area contributed by atoms with E-state index in [1.54, 1.807) is 12.1 Å². The largest absolute Gasteiger partial charge is 0.508 e. The molecule has 0 aliphatic carbocycles.